The fourth-order valence-corrected chi connectivity index (χ4v) is 2.87. The number of aromatic nitrogens is 2. The van der Waals surface area contributed by atoms with Crippen LogP contribution in [0.15, 0.2) is 0 Å². The molecule has 1 atom stereocenters. The maximum absolute atomic E-state index is 6.33. The summed E-state index contributed by atoms with van der Waals surface area (Å²) in [6, 6.07) is 0. The third-order valence-electron chi connectivity index (χ3n) is 3.76. The molecule has 2 heterocycles. The summed E-state index contributed by atoms with van der Waals surface area (Å²) in [6.45, 7) is 7.78. The van der Waals surface area contributed by atoms with Crippen LogP contribution >= 0.6 is 11.6 Å². The lowest BCUT2D eigenvalue weighted by Gasteiger charge is -2.27. The van der Waals surface area contributed by atoms with Gasteiger partial charge in [-0.05, 0) is 26.3 Å². The van der Waals surface area contributed by atoms with Gasteiger partial charge in [0.15, 0.2) is 0 Å². The van der Waals surface area contributed by atoms with Crippen molar-refractivity contribution >= 4 is 11.6 Å². The topological polar surface area (TPSA) is 39.1 Å². The highest BCUT2D eigenvalue weighted by Crippen LogP contribution is 2.35. The van der Waals surface area contributed by atoms with Crippen molar-refractivity contribution in [3.05, 3.63) is 16.4 Å². The Labute approximate surface area is 114 Å². The van der Waals surface area contributed by atoms with Gasteiger partial charge >= 0.3 is 0 Å². The van der Waals surface area contributed by atoms with Crippen molar-refractivity contribution in [2.24, 2.45) is 12.5 Å². The van der Waals surface area contributed by atoms with Crippen LogP contribution in [0, 0.1) is 12.3 Å². The second-order valence-corrected chi connectivity index (χ2v) is 5.60. The first-order valence-corrected chi connectivity index (χ1v) is 6.92. The number of nitrogens with zero attached hydrogens (tertiary/aromatic N) is 2. The Kier molecular flexibility index (Phi) is 4.30. The van der Waals surface area contributed by atoms with E-state index in [9.17, 15) is 0 Å². The third-order valence-corrected chi connectivity index (χ3v) is 4.23. The monoisotopic (exact) mass is 271 g/mol. The van der Waals surface area contributed by atoms with E-state index in [0.29, 0.717) is 0 Å². The van der Waals surface area contributed by atoms with Crippen LogP contribution in [0.25, 0.3) is 0 Å². The van der Waals surface area contributed by atoms with Crippen molar-refractivity contribution in [3.8, 4) is 0 Å². The van der Waals surface area contributed by atoms with Crippen molar-refractivity contribution < 1.29 is 4.74 Å². The standard InChI is InChI=1S/C13H22ClN3O/c1-4-15-8-13(5-6-18-9-13)7-11-10(2)16-17(3)12(11)14/h15H,4-9H2,1-3H3. The molecule has 0 aliphatic carbocycles. The molecule has 18 heavy (non-hydrogen) atoms. The minimum Gasteiger partial charge on any atom is -0.381 e. The summed E-state index contributed by atoms with van der Waals surface area (Å²) < 4.78 is 7.36. The van der Waals surface area contributed by atoms with Gasteiger partial charge in [-0.25, -0.2) is 0 Å². The molecule has 1 N–H and O–H groups in total. The Morgan fingerprint density at radius 2 is 2.33 bits per heavy atom. The van der Waals surface area contributed by atoms with Gasteiger partial charge in [0.25, 0.3) is 0 Å². The van der Waals surface area contributed by atoms with Gasteiger partial charge in [0.1, 0.15) is 5.15 Å². The molecular formula is C13H22ClN3O. The number of halogens is 1. The second kappa shape index (κ2) is 5.59. The van der Waals surface area contributed by atoms with Crippen LogP contribution in [0.3, 0.4) is 0 Å². The fraction of sp³-hybridized carbons (Fsp3) is 0.769. The molecule has 0 spiro atoms. The Bertz CT molecular complexity index is 411. The first-order chi connectivity index (χ1) is 8.58. The molecule has 0 saturated carbocycles. The number of hydrogen-bond acceptors (Lipinski definition) is 3. The van der Waals surface area contributed by atoms with Crippen LogP contribution in [-0.2, 0) is 18.2 Å². The predicted octanol–water partition coefficient (Wildman–Crippen LogP) is 1.94. The average Bonchev–Trinajstić information content (AvgIpc) is 2.89. The molecule has 0 radical (unpaired) electrons. The minimum absolute atomic E-state index is 0.174. The van der Waals surface area contributed by atoms with E-state index < -0.39 is 0 Å². The van der Waals surface area contributed by atoms with Gasteiger partial charge in [-0.15, -0.1) is 0 Å². The molecule has 1 aliphatic heterocycles. The number of rotatable bonds is 5. The van der Waals surface area contributed by atoms with Gasteiger partial charge in [-0.2, -0.15) is 5.10 Å². The molecule has 5 heteroatoms. The van der Waals surface area contributed by atoms with Crippen molar-refractivity contribution in [2.45, 2.75) is 26.7 Å². The molecule has 0 aromatic carbocycles. The highest BCUT2D eigenvalue weighted by molar-refractivity contribution is 6.30. The van der Waals surface area contributed by atoms with E-state index in [1.807, 2.05) is 14.0 Å². The maximum atomic E-state index is 6.33. The van der Waals surface area contributed by atoms with Crippen LogP contribution in [0.1, 0.15) is 24.6 Å². The van der Waals surface area contributed by atoms with Crippen molar-refractivity contribution in [3.63, 3.8) is 0 Å². The highest BCUT2D eigenvalue weighted by Gasteiger charge is 2.36. The molecule has 4 nitrogen and oxygen atoms in total. The van der Waals surface area contributed by atoms with E-state index in [1.165, 1.54) is 5.56 Å². The second-order valence-electron chi connectivity index (χ2n) is 5.24. The van der Waals surface area contributed by atoms with Gasteiger partial charge in [0, 0.05) is 31.2 Å². The molecule has 1 aliphatic rings. The molecule has 1 aromatic heterocycles. The zero-order valence-electron chi connectivity index (χ0n) is 11.4. The zero-order chi connectivity index (χ0) is 13.2. The number of aryl methyl sites for hydroxylation is 2. The Hall–Kier alpha value is -0.580. The third kappa shape index (κ3) is 2.71. The SMILES string of the molecule is CCNCC1(Cc2c(C)nn(C)c2Cl)CCOC1. The lowest BCUT2D eigenvalue weighted by molar-refractivity contribution is 0.149. The smallest absolute Gasteiger partial charge is 0.130 e. The lowest BCUT2D eigenvalue weighted by Crippen LogP contribution is -2.36. The minimum atomic E-state index is 0.174. The molecule has 1 unspecified atom stereocenters. The number of hydrogen-bond donors (Lipinski definition) is 1. The Morgan fingerprint density at radius 3 is 2.83 bits per heavy atom. The van der Waals surface area contributed by atoms with Gasteiger partial charge in [-0.1, -0.05) is 18.5 Å². The van der Waals surface area contributed by atoms with Crippen LogP contribution in [0.2, 0.25) is 5.15 Å². The fourth-order valence-electron chi connectivity index (χ4n) is 2.63. The average molecular weight is 272 g/mol. The van der Waals surface area contributed by atoms with Gasteiger partial charge in [0.05, 0.1) is 12.3 Å². The Balaban J connectivity index is 2.18. The predicted molar refractivity (Wildman–Crippen MR) is 73.1 cm³/mol. The molecule has 1 saturated heterocycles. The molecule has 0 amide bonds. The summed E-state index contributed by atoms with van der Waals surface area (Å²) >= 11 is 6.33. The summed E-state index contributed by atoms with van der Waals surface area (Å²) in [5.74, 6) is 0. The van der Waals surface area contributed by atoms with E-state index in [-0.39, 0.29) is 5.41 Å². The van der Waals surface area contributed by atoms with E-state index in [2.05, 4.69) is 17.3 Å². The van der Waals surface area contributed by atoms with E-state index in [0.717, 1.165) is 50.0 Å². The first kappa shape index (κ1) is 13.8. The first-order valence-electron chi connectivity index (χ1n) is 6.54. The zero-order valence-corrected chi connectivity index (χ0v) is 12.2. The summed E-state index contributed by atoms with van der Waals surface area (Å²) in [5, 5.41) is 8.59. The van der Waals surface area contributed by atoms with Gasteiger partial charge in [-0.3, -0.25) is 4.68 Å². The van der Waals surface area contributed by atoms with Crippen LogP contribution in [-0.4, -0.2) is 36.1 Å². The summed E-state index contributed by atoms with van der Waals surface area (Å²) in [7, 11) is 1.89. The van der Waals surface area contributed by atoms with Crippen molar-refractivity contribution in [1.29, 1.82) is 0 Å². The normalized spacial score (nSPS) is 23.8. The lowest BCUT2D eigenvalue weighted by atomic mass is 9.81. The molecule has 2 rings (SSSR count). The van der Waals surface area contributed by atoms with Crippen LogP contribution in [0.5, 0.6) is 0 Å². The molecule has 1 aromatic rings. The van der Waals surface area contributed by atoms with Crippen molar-refractivity contribution in [1.82, 2.24) is 15.1 Å². The number of ether oxygens (including phenoxy) is 1. The van der Waals surface area contributed by atoms with Gasteiger partial charge in [0.2, 0.25) is 0 Å². The van der Waals surface area contributed by atoms with Crippen LogP contribution < -0.4 is 5.32 Å². The summed E-state index contributed by atoms with van der Waals surface area (Å²) in [4.78, 5) is 0. The Morgan fingerprint density at radius 1 is 1.56 bits per heavy atom. The molecule has 102 valence electrons. The largest absolute Gasteiger partial charge is 0.381 e. The van der Waals surface area contributed by atoms with E-state index >= 15 is 0 Å². The molecule has 1 fully saturated rings. The summed E-state index contributed by atoms with van der Waals surface area (Å²) in [5.41, 5.74) is 2.38. The summed E-state index contributed by atoms with van der Waals surface area (Å²) in [6.07, 6.45) is 2.03. The van der Waals surface area contributed by atoms with Crippen LogP contribution in [0.4, 0.5) is 0 Å². The maximum Gasteiger partial charge on any atom is 0.130 e. The van der Waals surface area contributed by atoms with Crippen molar-refractivity contribution in [2.75, 3.05) is 26.3 Å². The molecular weight excluding hydrogens is 250 g/mol. The van der Waals surface area contributed by atoms with E-state index in [1.54, 1.807) is 4.68 Å². The van der Waals surface area contributed by atoms with E-state index in [4.69, 9.17) is 16.3 Å². The number of nitrogens with one attached hydrogen (secondary N) is 1. The molecule has 0 bridgehead atoms. The highest BCUT2D eigenvalue weighted by atomic mass is 35.5. The quantitative estimate of drug-likeness (QED) is 0.890. The van der Waals surface area contributed by atoms with Gasteiger partial charge < -0.3 is 10.1 Å².